The first kappa shape index (κ1) is 15.3. The van der Waals surface area contributed by atoms with Gasteiger partial charge in [-0.3, -0.25) is 9.48 Å². The molecule has 0 spiro atoms. The molecule has 2 aromatic rings. The number of carbonyl (C=O) groups is 1. The van der Waals surface area contributed by atoms with Crippen molar-refractivity contribution < 1.29 is 4.79 Å². The molecule has 2 heterocycles. The van der Waals surface area contributed by atoms with Gasteiger partial charge >= 0.3 is 0 Å². The molecule has 1 saturated heterocycles. The molecule has 0 bridgehead atoms. The maximum atomic E-state index is 11.9. The molecule has 5 heteroatoms. The van der Waals surface area contributed by atoms with Crippen molar-refractivity contribution in [3.8, 4) is 6.07 Å². The van der Waals surface area contributed by atoms with E-state index in [1.165, 1.54) is 0 Å². The first-order valence-electron chi connectivity index (χ1n) is 7.95. The lowest BCUT2D eigenvalue weighted by Gasteiger charge is -2.34. The Labute approximate surface area is 136 Å². The summed E-state index contributed by atoms with van der Waals surface area (Å²) in [6.07, 6.45) is 5.93. The van der Waals surface area contributed by atoms with Crippen LogP contribution in [0.5, 0.6) is 0 Å². The molecule has 23 heavy (non-hydrogen) atoms. The number of anilines is 1. The van der Waals surface area contributed by atoms with Gasteiger partial charge in [-0.05, 0) is 49.9 Å². The van der Waals surface area contributed by atoms with Crippen molar-refractivity contribution in [1.82, 2.24) is 9.78 Å². The summed E-state index contributed by atoms with van der Waals surface area (Å²) in [5.74, 6) is 0.647. The highest BCUT2D eigenvalue weighted by molar-refractivity contribution is 6.00. The van der Waals surface area contributed by atoms with Gasteiger partial charge < -0.3 is 4.90 Å². The fourth-order valence-electron chi connectivity index (χ4n) is 3.19. The second kappa shape index (κ2) is 6.66. The van der Waals surface area contributed by atoms with Crippen LogP contribution in [0.2, 0.25) is 0 Å². The number of piperidine rings is 1. The highest BCUT2D eigenvalue weighted by Crippen LogP contribution is 2.28. The zero-order chi connectivity index (χ0) is 16.2. The number of benzene rings is 1. The predicted octanol–water partition coefficient (Wildman–Crippen LogP) is 2.87. The molecule has 0 saturated carbocycles. The molecule has 118 valence electrons. The molecule has 1 fully saturated rings. The van der Waals surface area contributed by atoms with E-state index in [4.69, 9.17) is 5.26 Å². The summed E-state index contributed by atoms with van der Waals surface area (Å²) < 4.78 is 1.98. The van der Waals surface area contributed by atoms with Crippen molar-refractivity contribution in [2.24, 2.45) is 5.92 Å². The number of carbonyl (C=O) groups excluding carboxylic acids is 1. The minimum absolute atomic E-state index is 0.0446. The number of ketones is 1. The van der Waals surface area contributed by atoms with Crippen LogP contribution in [0, 0.1) is 17.2 Å². The number of Topliss-reactive ketones (excluding diaryl/α,β-unsaturated/α-hetero) is 1. The molecule has 0 N–H and O–H groups in total. The van der Waals surface area contributed by atoms with Crippen molar-refractivity contribution in [2.45, 2.75) is 26.3 Å². The maximum Gasteiger partial charge on any atom is 0.161 e. The molecule has 0 unspecified atom stereocenters. The third kappa shape index (κ3) is 3.42. The lowest BCUT2D eigenvalue weighted by molar-refractivity contribution is 0.101. The molecule has 1 aromatic heterocycles. The van der Waals surface area contributed by atoms with E-state index in [0.717, 1.165) is 38.2 Å². The Morgan fingerprint density at radius 1 is 1.39 bits per heavy atom. The van der Waals surface area contributed by atoms with E-state index in [2.05, 4.69) is 16.1 Å². The van der Waals surface area contributed by atoms with Crippen LogP contribution in [0.4, 0.5) is 5.69 Å². The van der Waals surface area contributed by atoms with E-state index in [1.54, 1.807) is 19.1 Å². The largest absolute Gasteiger partial charge is 0.371 e. The van der Waals surface area contributed by atoms with Crippen LogP contribution in [0.25, 0.3) is 0 Å². The van der Waals surface area contributed by atoms with Gasteiger partial charge in [0.05, 0.1) is 11.6 Å². The number of rotatable bonds is 4. The average Bonchev–Trinajstić information content (AvgIpc) is 3.08. The Hall–Kier alpha value is -2.61. The molecule has 0 radical (unpaired) electrons. The van der Waals surface area contributed by atoms with Crippen molar-refractivity contribution in [2.75, 3.05) is 18.0 Å². The Bertz CT molecular complexity index is 722. The van der Waals surface area contributed by atoms with E-state index >= 15 is 0 Å². The lowest BCUT2D eigenvalue weighted by Crippen LogP contribution is -2.36. The summed E-state index contributed by atoms with van der Waals surface area (Å²) in [4.78, 5) is 14.1. The smallest absolute Gasteiger partial charge is 0.161 e. The summed E-state index contributed by atoms with van der Waals surface area (Å²) in [6, 6.07) is 9.43. The van der Waals surface area contributed by atoms with Crippen LogP contribution < -0.4 is 4.90 Å². The average molecular weight is 308 g/mol. The third-order valence-corrected chi connectivity index (χ3v) is 4.47. The van der Waals surface area contributed by atoms with Gasteiger partial charge in [-0.15, -0.1) is 0 Å². The van der Waals surface area contributed by atoms with E-state index in [1.807, 2.05) is 29.2 Å². The standard InChI is InChI=1S/C18H20N4O/c1-14(23)17-4-3-16(12-19)11-18(17)21-9-5-15(6-10-21)13-22-8-2-7-20-22/h2-4,7-8,11,15H,5-6,9-10,13H2,1H3. The fraction of sp³-hybridized carbons (Fsp3) is 0.389. The predicted molar refractivity (Wildman–Crippen MR) is 88.3 cm³/mol. The van der Waals surface area contributed by atoms with Gasteiger partial charge in [0.2, 0.25) is 0 Å². The quantitative estimate of drug-likeness (QED) is 0.815. The lowest BCUT2D eigenvalue weighted by atomic mass is 9.95. The van der Waals surface area contributed by atoms with Gasteiger partial charge in [0.1, 0.15) is 0 Å². The normalized spacial score (nSPS) is 15.4. The Balaban J connectivity index is 1.72. The second-order valence-electron chi connectivity index (χ2n) is 6.06. The minimum Gasteiger partial charge on any atom is -0.371 e. The van der Waals surface area contributed by atoms with Crippen molar-refractivity contribution in [3.63, 3.8) is 0 Å². The van der Waals surface area contributed by atoms with E-state index in [-0.39, 0.29) is 5.78 Å². The van der Waals surface area contributed by atoms with Gasteiger partial charge in [0.25, 0.3) is 0 Å². The molecular formula is C18H20N4O. The molecule has 0 amide bonds. The number of aromatic nitrogens is 2. The topological polar surface area (TPSA) is 61.9 Å². The zero-order valence-corrected chi connectivity index (χ0v) is 13.3. The highest BCUT2D eigenvalue weighted by Gasteiger charge is 2.22. The van der Waals surface area contributed by atoms with E-state index < -0.39 is 0 Å². The molecule has 1 aliphatic rings. The van der Waals surface area contributed by atoms with Gasteiger partial charge in [-0.25, -0.2) is 0 Å². The van der Waals surface area contributed by atoms with E-state index in [9.17, 15) is 4.79 Å². The fourth-order valence-corrected chi connectivity index (χ4v) is 3.19. The molecule has 5 nitrogen and oxygen atoms in total. The molecule has 3 rings (SSSR count). The molecule has 0 atom stereocenters. The summed E-state index contributed by atoms with van der Waals surface area (Å²) >= 11 is 0. The number of nitrogens with zero attached hydrogens (tertiary/aromatic N) is 4. The first-order valence-corrected chi connectivity index (χ1v) is 7.95. The first-order chi connectivity index (χ1) is 11.2. The molecule has 1 aliphatic heterocycles. The van der Waals surface area contributed by atoms with Crippen molar-refractivity contribution in [1.29, 1.82) is 5.26 Å². The maximum absolute atomic E-state index is 11.9. The van der Waals surface area contributed by atoms with Gasteiger partial charge in [-0.2, -0.15) is 10.4 Å². The van der Waals surface area contributed by atoms with Crippen molar-refractivity contribution >= 4 is 11.5 Å². The Kier molecular flexibility index (Phi) is 4.42. The number of hydrogen-bond donors (Lipinski definition) is 0. The summed E-state index contributed by atoms with van der Waals surface area (Å²) in [5.41, 5.74) is 2.20. The highest BCUT2D eigenvalue weighted by atomic mass is 16.1. The van der Waals surface area contributed by atoms with Crippen LogP contribution in [-0.2, 0) is 6.54 Å². The monoisotopic (exact) mass is 308 g/mol. The molecular weight excluding hydrogens is 288 g/mol. The van der Waals surface area contributed by atoms with Crippen LogP contribution in [-0.4, -0.2) is 28.7 Å². The summed E-state index contributed by atoms with van der Waals surface area (Å²) in [5, 5.41) is 13.4. The second-order valence-corrected chi connectivity index (χ2v) is 6.06. The van der Waals surface area contributed by atoms with Gasteiger partial charge in [0.15, 0.2) is 5.78 Å². The van der Waals surface area contributed by atoms with Crippen LogP contribution in [0.1, 0.15) is 35.7 Å². The summed E-state index contributed by atoms with van der Waals surface area (Å²) in [6.45, 7) is 4.33. The van der Waals surface area contributed by atoms with Gasteiger partial charge in [0, 0.05) is 43.3 Å². The summed E-state index contributed by atoms with van der Waals surface area (Å²) in [7, 11) is 0. The molecule has 0 aliphatic carbocycles. The van der Waals surface area contributed by atoms with Gasteiger partial charge in [-0.1, -0.05) is 0 Å². The Morgan fingerprint density at radius 2 is 2.17 bits per heavy atom. The van der Waals surface area contributed by atoms with Crippen LogP contribution >= 0.6 is 0 Å². The third-order valence-electron chi connectivity index (χ3n) is 4.47. The molecule has 1 aromatic carbocycles. The van der Waals surface area contributed by atoms with Crippen molar-refractivity contribution in [3.05, 3.63) is 47.8 Å². The SMILES string of the molecule is CC(=O)c1ccc(C#N)cc1N1CCC(Cn2cccn2)CC1. The van der Waals surface area contributed by atoms with E-state index in [0.29, 0.717) is 17.0 Å². The van der Waals surface area contributed by atoms with Crippen LogP contribution in [0.15, 0.2) is 36.7 Å². The number of nitriles is 1. The van der Waals surface area contributed by atoms with Crippen LogP contribution in [0.3, 0.4) is 0 Å². The Morgan fingerprint density at radius 3 is 2.78 bits per heavy atom. The number of hydrogen-bond acceptors (Lipinski definition) is 4. The minimum atomic E-state index is 0.0446. The zero-order valence-electron chi connectivity index (χ0n) is 13.3.